The van der Waals surface area contributed by atoms with Gasteiger partial charge in [0.1, 0.15) is 5.82 Å². The zero-order valence-corrected chi connectivity index (χ0v) is 31.4. The fraction of sp³-hybridized carbons (Fsp3) is 0.375. The van der Waals surface area contributed by atoms with Crippen LogP contribution in [0.4, 0.5) is 16.3 Å². The first kappa shape index (κ1) is 35.0. The molecule has 0 saturated carbocycles. The van der Waals surface area contributed by atoms with E-state index in [-0.39, 0.29) is 23.2 Å². The quantitative estimate of drug-likeness (QED) is 0.183. The molecule has 2 saturated heterocycles. The maximum atomic E-state index is 13.1. The number of aryl methyl sites for hydroxylation is 3. The Bertz CT molecular complexity index is 2330. The normalized spacial score (nSPS) is 19.7. The number of aromatic nitrogens is 4. The number of nitrogens with zero attached hydrogens (tertiary/aromatic N) is 6. The molecule has 2 amide bonds. The lowest BCUT2D eigenvalue weighted by molar-refractivity contribution is 0.158. The van der Waals surface area contributed by atoms with Crippen LogP contribution in [-0.4, -0.2) is 88.1 Å². The number of urea groups is 1. The van der Waals surface area contributed by atoms with Crippen molar-refractivity contribution in [3.63, 3.8) is 0 Å². The van der Waals surface area contributed by atoms with Crippen molar-refractivity contribution in [3.8, 4) is 28.3 Å². The van der Waals surface area contributed by atoms with Crippen molar-refractivity contribution < 1.29 is 14.3 Å². The smallest absolute Gasteiger partial charge is 0.318 e. The number of nitrogens with one attached hydrogen (secondary N) is 2. The van der Waals surface area contributed by atoms with E-state index in [2.05, 4.69) is 26.7 Å². The lowest BCUT2D eigenvalue weighted by atomic mass is 9.96. The van der Waals surface area contributed by atoms with Crippen molar-refractivity contribution in [2.45, 2.75) is 44.7 Å². The van der Waals surface area contributed by atoms with Crippen LogP contribution in [0.5, 0.6) is 5.88 Å². The summed E-state index contributed by atoms with van der Waals surface area (Å²) in [6.07, 6.45) is 4.43. The van der Waals surface area contributed by atoms with Gasteiger partial charge >= 0.3 is 6.03 Å². The molecule has 5 aromatic rings. The minimum absolute atomic E-state index is 0.0151. The van der Waals surface area contributed by atoms with Gasteiger partial charge in [0.15, 0.2) is 0 Å². The van der Waals surface area contributed by atoms with Crippen molar-refractivity contribution in [1.82, 2.24) is 34.9 Å². The SMILES string of the molecule is COCCN1CC2(CCN(C3CCc4cc(-c5cccc(-c6cccc(Nc7nc(C)cc8cnn(C)c(=O)c78)c6C)c5Cl)nc(OC)c43)C2)NC1=O. The molecule has 0 bridgehead atoms. The number of carbonyl (C=O) groups excluding carboxylic acids is 1. The van der Waals surface area contributed by atoms with Crippen LogP contribution in [-0.2, 0) is 18.2 Å². The molecule has 53 heavy (non-hydrogen) atoms. The van der Waals surface area contributed by atoms with E-state index >= 15 is 0 Å². The van der Waals surface area contributed by atoms with Gasteiger partial charge in [0.25, 0.3) is 5.56 Å². The van der Waals surface area contributed by atoms with Gasteiger partial charge in [0, 0.05) is 79.8 Å². The monoisotopic (exact) mass is 734 g/mol. The lowest BCUT2D eigenvalue weighted by Crippen LogP contribution is -2.46. The molecular formula is C40H43ClN8O4. The Labute approximate surface area is 313 Å². The van der Waals surface area contributed by atoms with Gasteiger partial charge in [0.2, 0.25) is 5.88 Å². The van der Waals surface area contributed by atoms with Crippen LogP contribution in [0.2, 0.25) is 5.02 Å². The Hall–Kier alpha value is -5.04. The average Bonchev–Trinajstić information content (AvgIpc) is 3.85. The van der Waals surface area contributed by atoms with Gasteiger partial charge in [0.05, 0.1) is 41.6 Å². The van der Waals surface area contributed by atoms with Gasteiger partial charge in [-0.25, -0.2) is 19.4 Å². The van der Waals surface area contributed by atoms with Crippen LogP contribution in [0, 0.1) is 13.8 Å². The summed E-state index contributed by atoms with van der Waals surface area (Å²) >= 11 is 7.28. The van der Waals surface area contributed by atoms with Crippen LogP contribution in [0.25, 0.3) is 33.2 Å². The minimum atomic E-state index is -0.258. The van der Waals surface area contributed by atoms with Crippen molar-refractivity contribution in [2.24, 2.45) is 7.05 Å². The highest BCUT2D eigenvalue weighted by atomic mass is 35.5. The second-order valence-corrected chi connectivity index (χ2v) is 14.8. The summed E-state index contributed by atoms with van der Waals surface area (Å²) in [5.74, 6) is 1.10. The highest BCUT2D eigenvalue weighted by Gasteiger charge is 2.49. The van der Waals surface area contributed by atoms with E-state index in [0.717, 1.165) is 82.6 Å². The van der Waals surface area contributed by atoms with E-state index in [1.54, 1.807) is 27.5 Å². The zero-order chi connectivity index (χ0) is 37.0. The standard InChI is InChI=1S/C40H43ClN8O4/c1-23-18-26-20-42-47(3)38(50)34(26)36(43-23)44-30-11-7-8-27(24(30)2)28-9-6-10-29(35(28)41)31-19-25-12-13-32(33(25)37(45-31)53-5)48-15-14-40(21-48)22-49(16-17-52-4)39(51)46-40/h6-11,18-20,32H,12-17,21-22H2,1-5H3,(H,43,44)(H,46,51). The number of rotatable bonds is 9. The van der Waals surface area contributed by atoms with E-state index < -0.39 is 0 Å². The van der Waals surface area contributed by atoms with Crippen LogP contribution in [0.15, 0.2) is 59.5 Å². The molecule has 2 fully saturated rings. The number of hydrogen-bond acceptors (Lipinski definition) is 9. The highest BCUT2D eigenvalue weighted by molar-refractivity contribution is 6.36. The van der Waals surface area contributed by atoms with Crippen LogP contribution in [0.1, 0.15) is 41.3 Å². The molecule has 12 nitrogen and oxygen atoms in total. The summed E-state index contributed by atoms with van der Waals surface area (Å²) in [5.41, 5.74) is 7.80. The van der Waals surface area contributed by atoms with E-state index in [0.29, 0.717) is 41.8 Å². The third kappa shape index (κ3) is 6.18. The van der Waals surface area contributed by atoms with E-state index in [9.17, 15) is 9.59 Å². The molecule has 3 aliphatic rings. The molecule has 0 radical (unpaired) electrons. The first-order chi connectivity index (χ1) is 25.6. The van der Waals surface area contributed by atoms with Gasteiger partial charge < -0.3 is 25.0 Å². The molecule has 13 heteroatoms. The fourth-order valence-electron chi connectivity index (χ4n) is 8.41. The topological polar surface area (TPSA) is 127 Å². The average molecular weight is 735 g/mol. The number of halogens is 1. The van der Waals surface area contributed by atoms with Gasteiger partial charge in [-0.3, -0.25) is 9.69 Å². The predicted octanol–water partition coefficient (Wildman–Crippen LogP) is 6.18. The summed E-state index contributed by atoms with van der Waals surface area (Å²) in [5, 5.41) is 12.7. The van der Waals surface area contributed by atoms with E-state index in [4.69, 9.17) is 31.0 Å². The Kier molecular flexibility index (Phi) is 9.08. The number of benzene rings is 2. The number of pyridine rings is 2. The second-order valence-electron chi connectivity index (χ2n) is 14.4. The molecular weight excluding hydrogens is 692 g/mol. The van der Waals surface area contributed by atoms with Gasteiger partial charge in [-0.2, -0.15) is 5.10 Å². The molecule has 2 aliphatic heterocycles. The summed E-state index contributed by atoms with van der Waals surface area (Å²) in [7, 11) is 4.97. The van der Waals surface area contributed by atoms with Gasteiger partial charge in [-0.05, 0) is 68.0 Å². The van der Waals surface area contributed by atoms with Crippen molar-refractivity contribution >= 4 is 39.9 Å². The van der Waals surface area contributed by atoms with Crippen molar-refractivity contribution in [3.05, 3.63) is 92.5 Å². The first-order valence-electron chi connectivity index (χ1n) is 18.0. The number of methoxy groups -OCH3 is 2. The molecule has 274 valence electrons. The van der Waals surface area contributed by atoms with Crippen molar-refractivity contribution in [2.75, 3.05) is 52.3 Å². The van der Waals surface area contributed by atoms with Crippen LogP contribution in [0.3, 0.4) is 0 Å². The summed E-state index contributed by atoms with van der Waals surface area (Å²) in [6.45, 7) is 7.40. The molecule has 5 heterocycles. The largest absolute Gasteiger partial charge is 0.481 e. The minimum Gasteiger partial charge on any atom is -0.481 e. The van der Waals surface area contributed by atoms with Crippen molar-refractivity contribution in [1.29, 1.82) is 0 Å². The molecule has 8 rings (SSSR count). The predicted molar refractivity (Wildman–Crippen MR) is 206 cm³/mol. The Morgan fingerprint density at radius 1 is 1.04 bits per heavy atom. The molecule has 2 N–H and O–H groups in total. The molecule has 3 aromatic heterocycles. The second kappa shape index (κ2) is 13.7. The number of ether oxygens (including phenoxy) is 2. The lowest BCUT2D eigenvalue weighted by Gasteiger charge is -2.28. The number of anilines is 2. The zero-order valence-electron chi connectivity index (χ0n) is 30.6. The Morgan fingerprint density at radius 3 is 2.64 bits per heavy atom. The molecule has 2 atom stereocenters. The summed E-state index contributed by atoms with van der Waals surface area (Å²) < 4.78 is 12.5. The van der Waals surface area contributed by atoms with E-state index in [1.807, 2.05) is 61.2 Å². The number of hydrogen-bond donors (Lipinski definition) is 2. The molecule has 1 spiro atoms. The summed E-state index contributed by atoms with van der Waals surface area (Å²) in [6, 6.07) is 16.2. The molecule has 2 unspecified atom stereocenters. The maximum absolute atomic E-state index is 13.1. The number of carbonyl (C=O) groups is 1. The van der Waals surface area contributed by atoms with Gasteiger partial charge in [-0.1, -0.05) is 41.9 Å². The Balaban J connectivity index is 1.09. The number of amides is 2. The van der Waals surface area contributed by atoms with Gasteiger partial charge in [-0.15, -0.1) is 0 Å². The molecule has 2 aromatic carbocycles. The summed E-state index contributed by atoms with van der Waals surface area (Å²) in [4.78, 5) is 40.0. The Morgan fingerprint density at radius 2 is 1.83 bits per heavy atom. The maximum Gasteiger partial charge on any atom is 0.318 e. The van der Waals surface area contributed by atoms with E-state index in [1.165, 1.54) is 10.2 Å². The molecule has 1 aliphatic carbocycles. The number of fused-ring (bicyclic) bond motifs is 2. The third-order valence-corrected chi connectivity index (χ3v) is 11.5. The van der Waals surface area contributed by atoms with Crippen LogP contribution >= 0.6 is 11.6 Å². The van der Waals surface area contributed by atoms with Crippen LogP contribution < -0.4 is 20.9 Å². The highest BCUT2D eigenvalue weighted by Crippen LogP contribution is 2.46. The number of likely N-dealkylation sites (tertiary alicyclic amines) is 1. The third-order valence-electron chi connectivity index (χ3n) is 11.1. The fourth-order valence-corrected chi connectivity index (χ4v) is 8.74. The first-order valence-corrected chi connectivity index (χ1v) is 18.3.